The topological polar surface area (TPSA) is 443 Å². The van der Waals surface area contributed by atoms with Gasteiger partial charge in [-0.25, -0.2) is 9.97 Å². The summed E-state index contributed by atoms with van der Waals surface area (Å²) in [4.78, 5) is 74.0. The van der Waals surface area contributed by atoms with E-state index >= 15 is 0 Å². The predicted molar refractivity (Wildman–Crippen MR) is 183 cm³/mol. The Kier molecular flexibility index (Phi) is 29.5. The summed E-state index contributed by atoms with van der Waals surface area (Å²) in [5.41, 5.74) is 37.3. The molecule has 2 heterocycles. The molecule has 0 aliphatic heterocycles. The Labute approximate surface area is 294 Å². The number of unbranched alkanes of at least 4 members (excludes halogenated alkanes) is 1. The molecule has 292 valence electrons. The standard InChI is InChI=1S/2C6H9N3O2.C6H14N2O2.C6H13NO2.C5H10N2O3/c2*7-5(6(10)11)1-4-2-8-3-9-4;7-4-2-1-3-5(8)6(9)10;1-4(2)3-5(7)6(8)9;6-3(5(9)10)1-2-4(7)8/h2*2-3,5H,1,7H2,(H,8,9)(H,10,11);5H,1-4,7-8H2,(H,9,10);4-5H,3,7H2,1-2H3,(H,8,9);3H,1-2,6H2,(H2,7,8)(H,9,10)/t4*5-;3-/m00000/s1. The molecular weight excluding hydrogens is 678 g/mol. The number of imidazole rings is 2. The second-order valence-corrected chi connectivity index (χ2v) is 11.2. The summed E-state index contributed by atoms with van der Waals surface area (Å²) in [5, 5.41) is 41.7. The summed E-state index contributed by atoms with van der Waals surface area (Å²) in [6.45, 7) is 4.50. The summed E-state index contributed by atoms with van der Waals surface area (Å²) in [5.74, 6) is -5.14. The molecule has 0 saturated carbocycles. The Morgan fingerprint density at radius 1 is 0.627 bits per heavy atom. The van der Waals surface area contributed by atoms with Crippen LogP contribution in [-0.4, -0.2) is 118 Å². The number of nitrogens with two attached hydrogens (primary N) is 7. The maximum absolute atomic E-state index is 10.3. The Morgan fingerprint density at radius 2 is 1.00 bits per heavy atom. The summed E-state index contributed by atoms with van der Waals surface area (Å²) in [6, 6.07) is -4.11. The van der Waals surface area contributed by atoms with Gasteiger partial charge in [0.15, 0.2) is 0 Å². The van der Waals surface area contributed by atoms with E-state index in [2.05, 4.69) is 19.9 Å². The molecule has 0 fully saturated rings. The number of amides is 1. The number of carbonyl (C=O) groups excluding carboxylic acids is 1. The van der Waals surface area contributed by atoms with Gasteiger partial charge in [-0.1, -0.05) is 20.3 Å². The highest BCUT2D eigenvalue weighted by atomic mass is 16.4. The van der Waals surface area contributed by atoms with Gasteiger partial charge in [0.25, 0.3) is 0 Å². The van der Waals surface area contributed by atoms with Crippen molar-refractivity contribution in [2.75, 3.05) is 6.54 Å². The van der Waals surface area contributed by atoms with E-state index in [-0.39, 0.29) is 25.7 Å². The maximum atomic E-state index is 10.3. The van der Waals surface area contributed by atoms with Crippen molar-refractivity contribution in [2.45, 2.75) is 95.4 Å². The summed E-state index contributed by atoms with van der Waals surface area (Å²) >= 11 is 0. The molecule has 51 heavy (non-hydrogen) atoms. The number of carbonyl (C=O) groups is 6. The van der Waals surface area contributed by atoms with E-state index in [4.69, 9.17) is 65.7 Å². The molecule has 0 spiro atoms. The summed E-state index contributed by atoms with van der Waals surface area (Å²) in [6.07, 6.45) is 9.60. The van der Waals surface area contributed by atoms with Crippen molar-refractivity contribution in [3.8, 4) is 0 Å². The molecule has 22 nitrogen and oxygen atoms in total. The van der Waals surface area contributed by atoms with Crippen LogP contribution in [0.2, 0.25) is 0 Å². The molecule has 2 aromatic heterocycles. The van der Waals surface area contributed by atoms with Gasteiger partial charge in [0, 0.05) is 31.7 Å². The minimum atomic E-state index is -1.11. The molecule has 0 radical (unpaired) electrons. The number of primary amides is 1. The van der Waals surface area contributed by atoms with Gasteiger partial charge in [-0.2, -0.15) is 0 Å². The zero-order valence-corrected chi connectivity index (χ0v) is 28.8. The highest BCUT2D eigenvalue weighted by Crippen LogP contribution is 2.02. The van der Waals surface area contributed by atoms with E-state index in [1.165, 1.54) is 12.7 Å². The lowest BCUT2D eigenvalue weighted by molar-refractivity contribution is -0.139. The average Bonchev–Trinajstić information content (AvgIpc) is 3.75. The number of carboxylic acids is 5. The number of carboxylic acid groups (broad SMARTS) is 5. The molecular formula is C29H55N11O11. The van der Waals surface area contributed by atoms with E-state index in [1.54, 1.807) is 12.4 Å². The molecule has 2 aromatic rings. The van der Waals surface area contributed by atoms with Crippen LogP contribution in [0, 0.1) is 5.92 Å². The van der Waals surface area contributed by atoms with Crippen molar-refractivity contribution in [1.82, 2.24) is 19.9 Å². The van der Waals surface area contributed by atoms with Crippen LogP contribution in [0.25, 0.3) is 0 Å². The number of nitrogens with zero attached hydrogens (tertiary/aromatic N) is 2. The van der Waals surface area contributed by atoms with Crippen LogP contribution in [0.4, 0.5) is 0 Å². The zero-order valence-electron chi connectivity index (χ0n) is 28.8. The Balaban J connectivity index is -0.000000566. The monoisotopic (exact) mass is 733 g/mol. The highest BCUT2D eigenvalue weighted by Gasteiger charge is 2.14. The largest absolute Gasteiger partial charge is 0.480 e. The number of aliphatic carboxylic acids is 5. The minimum absolute atomic E-state index is 0.0213. The third-order valence-corrected chi connectivity index (χ3v) is 5.95. The Hall–Kier alpha value is -5.00. The van der Waals surface area contributed by atoms with Crippen LogP contribution >= 0.6 is 0 Å². The number of nitrogens with one attached hydrogen (secondary N) is 2. The molecule has 2 rings (SSSR count). The van der Waals surface area contributed by atoms with Crippen LogP contribution in [0.5, 0.6) is 0 Å². The van der Waals surface area contributed by atoms with Gasteiger partial charge < -0.3 is 75.6 Å². The van der Waals surface area contributed by atoms with Crippen LogP contribution in [0.15, 0.2) is 25.0 Å². The highest BCUT2D eigenvalue weighted by molar-refractivity contribution is 5.77. The number of rotatable bonds is 18. The predicted octanol–water partition coefficient (Wildman–Crippen LogP) is -2.64. The van der Waals surface area contributed by atoms with E-state index < -0.39 is 66.0 Å². The van der Waals surface area contributed by atoms with Crippen LogP contribution in [0.1, 0.15) is 63.8 Å². The lowest BCUT2D eigenvalue weighted by Crippen LogP contribution is -2.32. The number of hydrogen-bond donors (Lipinski definition) is 14. The molecule has 1 amide bonds. The first-order valence-corrected chi connectivity index (χ1v) is 15.5. The van der Waals surface area contributed by atoms with Gasteiger partial charge in [-0.3, -0.25) is 28.8 Å². The molecule has 0 aliphatic rings. The first-order valence-electron chi connectivity index (χ1n) is 15.5. The van der Waals surface area contributed by atoms with Crippen LogP contribution < -0.4 is 40.1 Å². The smallest absolute Gasteiger partial charge is 0.320 e. The van der Waals surface area contributed by atoms with Crippen molar-refractivity contribution < 1.29 is 54.3 Å². The third-order valence-electron chi connectivity index (χ3n) is 5.95. The van der Waals surface area contributed by atoms with Gasteiger partial charge in [-0.05, 0) is 38.1 Å². The quantitative estimate of drug-likeness (QED) is 0.0696. The van der Waals surface area contributed by atoms with Crippen molar-refractivity contribution >= 4 is 35.8 Å². The van der Waals surface area contributed by atoms with E-state index in [9.17, 15) is 28.8 Å². The Bertz CT molecular complexity index is 1190. The average molecular weight is 734 g/mol. The molecule has 5 atom stereocenters. The lowest BCUT2D eigenvalue weighted by atomic mass is 10.1. The first kappa shape index (κ1) is 50.4. The van der Waals surface area contributed by atoms with Gasteiger partial charge in [-0.15, -0.1) is 0 Å². The normalized spacial score (nSPS) is 13.0. The Morgan fingerprint density at radius 3 is 1.25 bits per heavy atom. The second-order valence-electron chi connectivity index (χ2n) is 11.2. The van der Waals surface area contributed by atoms with Gasteiger partial charge in [0.05, 0.1) is 24.0 Å². The fourth-order valence-corrected chi connectivity index (χ4v) is 3.09. The minimum Gasteiger partial charge on any atom is -0.480 e. The molecule has 21 N–H and O–H groups in total. The van der Waals surface area contributed by atoms with Gasteiger partial charge in [0.1, 0.15) is 30.2 Å². The maximum Gasteiger partial charge on any atom is 0.320 e. The molecule has 22 heteroatoms. The SMILES string of the molecule is CC(C)C[C@H](N)C(=O)O.NC(=O)CC[C@H](N)C(=O)O.NCCCC[C@H](N)C(=O)O.N[C@@H](Cc1c[nH]cn1)C(=O)O.N[C@@H](Cc1c[nH]cn1)C(=O)O. The first-order chi connectivity index (χ1) is 23.7. The van der Waals surface area contributed by atoms with Crippen molar-refractivity contribution in [3.05, 3.63) is 36.4 Å². The van der Waals surface area contributed by atoms with Gasteiger partial charge >= 0.3 is 29.8 Å². The van der Waals surface area contributed by atoms with Crippen molar-refractivity contribution in [1.29, 1.82) is 0 Å². The fraction of sp³-hybridized carbons (Fsp3) is 0.586. The summed E-state index contributed by atoms with van der Waals surface area (Å²) in [7, 11) is 0. The molecule has 0 unspecified atom stereocenters. The third kappa shape index (κ3) is 32.0. The van der Waals surface area contributed by atoms with Crippen molar-refractivity contribution in [3.63, 3.8) is 0 Å². The lowest BCUT2D eigenvalue weighted by Gasteiger charge is -2.07. The number of aromatic amines is 2. The number of hydrogen-bond acceptors (Lipinski definition) is 14. The zero-order chi connectivity index (χ0) is 40.1. The molecule has 0 bridgehead atoms. The van der Waals surface area contributed by atoms with E-state index in [0.717, 1.165) is 12.8 Å². The van der Waals surface area contributed by atoms with Gasteiger partial charge in [0.2, 0.25) is 5.91 Å². The van der Waals surface area contributed by atoms with E-state index in [0.29, 0.717) is 36.7 Å². The van der Waals surface area contributed by atoms with Crippen molar-refractivity contribution in [2.24, 2.45) is 46.1 Å². The fourth-order valence-electron chi connectivity index (χ4n) is 3.09. The van der Waals surface area contributed by atoms with Crippen LogP contribution in [0.3, 0.4) is 0 Å². The number of aromatic nitrogens is 4. The molecule has 0 saturated heterocycles. The summed E-state index contributed by atoms with van der Waals surface area (Å²) < 4.78 is 0. The van der Waals surface area contributed by atoms with Crippen LogP contribution in [-0.2, 0) is 41.6 Å². The second kappa shape index (κ2) is 29.9. The van der Waals surface area contributed by atoms with E-state index in [1.807, 2.05) is 13.8 Å². The molecule has 0 aliphatic carbocycles. The molecule has 0 aromatic carbocycles. The number of H-pyrrole nitrogens is 2.